The van der Waals surface area contributed by atoms with Gasteiger partial charge in [-0.15, -0.1) is 10.2 Å². The van der Waals surface area contributed by atoms with Gasteiger partial charge < -0.3 is 9.84 Å². The molecule has 0 unspecified atom stereocenters. The van der Waals surface area contributed by atoms with Crippen molar-refractivity contribution < 1.29 is 14.6 Å². The molecule has 1 aromatic heterocycles. The van der Waals surface area contributed by atoms with Gasteiger partial charge in [0.1, 0.15) is 5.75 Å². The fourth-order valence-electron chi connectivity index (χ4n) is 1.80. The number of rotatable bonds is 4. The van der Waals surface area contributed by atoms with E-state index in [1.165, 1.54) is 0 Å². The minimum atomic E-state index is -0.960. The van der Waals surface area contributed by atoms with Crippen molar-refractivity contribution in [3.05, 3.63) is 50.2 Å². The van der Waals surface area contributed by atoms with Crippen molar-refractivity contribution in [2.24, 2.45) is 10.2 Å². The van der Waals surface area contributed by atoms with Crippen LogP contribution in [0.1, 0.15) is 11.1 Å². The molecule has 9 heteroatoms. The Morgan fingerprint density at radius 3 is 2.65 bits per heavy atom. The molecule has 0 atom stereocenters. The molecule has 3 N–H and O–H groups in total. The van der Waals surface area contributed by atoms with E-state index in [0.29, 0.717) is 5.75 Å². The highest BCUT2D eigenvalue weighted by Crippen LogP contribution is 2.19. The third-order valence-corrected chi connectivity index (χ3v) is 2.84. The van der Waals surface area contributed by atoms with Crippen LogP contribution in [0.25, 0.3) is 0 Å². The summed E-state index contributed by atoms with van der Waals surface area (Å²) in [5.41, 5.74) is -0.489. The highest BCUT2D eigenvalue weighted by Gasteiger charge is 2.09. The van der Waals surface area contributed by atoms with E-state index in [2.05, 4.69) is 10.2 Å². The highest BCUT2D eigenvalue weighted by atomic mass is 16.5. The maximum absolute atomic E-state index is 11.6. The molecule has 2 aromatic rings. The Hall–Kier alpha value is -3.23. The number of amides is 1. The molecule has 0 aliphatic rings. The van der Waals surface area contributed by atoms with Crippen LogP contribution in [0, 0.1) is 13.8 Å². The van der Waals surface area contributed by atoms with Crippen molar-refractivity contribution in [3.63, 3.8) is 0 Å². The number of nitrogens with one attached hydrogen (secondary N) is 2. The van der Waals surface area contributed by atoms with Crippen LogP contribution in [0.5, 0.6) is 11.6 Å². The molecular formula is C14H14N4O5. The Kier molecular flexibility index (Phi) is 4.69. The number of aromatic amines is 2. The largest absolute Gasteiger partial charge is 0.493 e. The first kappa shape index (κ1) is 16.1. The number of aryl methyl sites for hydroxylation is 2. The van der Waals surface area contributed by atoms with Gasteiger partial charge in [0.15, 0.2) is 6.61 Å². The molecule has 23 heavy (non-hydrogen) atoms. The average Bonchev–Trinajstić information content (AvgIpc) is 2.45. The monoisotopic (exact) mass is 318 g/mol. The fourth-order valence-corrected chi connectivity index (χ4v) is 1.80. The Morgan fingerprint density at radius 2 is 2.00 bits per heavy atom. The number of carbonyl (C=O) groups is 1. The van der Waals surface area contributed by atoms with Gasteiger partial charge in [0.2, 0.25) is 11.6 Å². The molecule has 1 amide bonds. The molecule has 0 bridgehead atoms. The van der Waals surface area contributed by atoms with Gasteiger partial charge in [-0.3, -0.25) is 19.6 Å². The van der Waals surface area contributed by atoms with Gasteiger partial charge >= 0.3 is 11.6 Å². The Labute approximate surface area is 129 Å². The molecule has 0 saturated heterocycles. The second kappa shape index (κ2) is 6.69. The summed E-state index contributed by atoms with van der Waals surface area (Å²) in [6.07, 6.45) is 0. The zero-order valence-corrected chi connectivity index (χ0v) is 12.4. The first-order valence-electron chi connectivity index (χ1n) is 6.57. The smallest absolute Gasteiger partial charge is 0.328 e. The van der Waals surface area contributed by atoms with E-state index >= 15 is 0 Å². The van der Waals surface area contributed by atoms with Crippen LogP contribution in [0.3, 0.4) is 0 Å². The van der Waals surface area contributed by atoms with Crippen molar-refractivity contribution in [1.29, 1.82) is 0 Å². The van der Waals surface area contributed by atoms with Gasteiger partial charge in [0.25, 0.3) is 5.56 Å². The molecular weight excluding hydrogens is 304 g/mol. The van der Waals surface area contributed by atoms with Gasteiger partial charge in [-0.1, -0.05) is 17.7 Å². The minimum absolute atomic E-state index is 0.380. The zero-order valence-electron chi connectivity index (χ0n) is 12.4. The Balaban J connectivity index is 2.05. The normalized spacial score (nSPS) is 10.9. The van der Waals surface area contributed by atoms with E-state index in [1.54, 1.807) is 6.07 Å². The lowest BCUT2D eigenvalue weighted by atomic mass is 10.1. The van der Waals surface area contributed by atoms with Crippen molar-refractivity contribution in [2.75, 3.05) is 6.61 Å². The van der Waals surface area contributed by atoms with Crippen LogP contribution >= 0.6 is 0 Å². The summed E-state index contributed by atoms with van der Waals surface area (Å²) in [7, 11) is 0. The quantitative estimate of drug-likeness (QED) is 0.724. The van der Waals surface area contributed by atoms with Gasteiger partial charge in [-0.2, -0.15) is 0 Å². The van der Waals surface area contributed by atoms with E-state index in [4.69, 9.17) is 4.74 Å². The molecule has 1 aromatic carbocycles. The van der Waals surface area contributed by atoms with Crippen molar-refractivity contribution in [3.8, 4) is 11.6 Å². The van der Waals surface area contributed by atoms with Gasteiger partial charge in [-0.25, -0.2) is 4.79 Å². The lowest BCUT2D eigenvalue weighted by Gasteiger charge is -2.07. The highest BCUT2D eigenvalue weighted by molar-refractivity contribution is 5.78. The minimum Gasteiger partial charge on any atom is -0.493 e. The number of benzene rings is 1. The van der Waals surface area contributed by atoms with Crippen molar-refractivity contribution in [2.45, 2.75) is 13.8 Å². The van der Waals surface area contributed by atoms with Crippen LogP contribution in [0.2, 0.25) is 0 Å². The van der Waals surface area contributed by atoms with Crippen LogP contribution in [-0.2, 0) is 4.79 Å². The summed E-state index contributed by atoms with van der Waals surface area (Å²) in [6, 6.07) is 5.47. The number of carbonyl (C=O) groups excluding carboxylic acids is 1. The van der Waals surface area contributed by atoms with E-state index in [9.17, 15) is 19.5 Å². The molecule has 120 valence electrons. The Morgan fingerprint density at radius 1 is 1.26 bits per heavy atom. The predicted molar refractivity (Wildman–Crippen MR) is 80.3 cm³/mol. The molecule has 9 nitrogen and oxygen atoms in total. The van der Waals surface area contributed by atoms with E-state index < -0.39 is 28.7 Å². The number of nitrogens with zero attached hydrogens (tertiary/aromatic N) is 2. The van der Waals surface area contributed by atoms with Crippen molar-refractivity contribution >= 4 is 11.6 Å². The topological polar surface area (TPSA) is 137 Å². The first-order valence-corrected chi connectivity index (χ1v) is 6.57. The summed E-state index contributed by atoms with van der Waals surface area (Å²) in [6.45, 7) is 3.39. The molecule has 0 aliphatic heterocycles. The number of ether oxygens (including phenoxy) is 1. The molecule has 2 rings (SSSR count). The number of aromatic hydroxyl groups is 1. The average molecular weight is 318 g/mol. The molecule has 0 aliphatic carbocycles. The summed E-state index contributed by atoms with van der Waals surface area (Å²) >= 11 is 0. The number of H-pyrrole nitrogens is 2. The van der Waals surface area contributed by atoms with E-state index in [0.717, 1.165) is 11.1 Å². The van der Waals surface area contributed by atoms with Crippen LogP contribution in [0.4, 0.5) is 5.69 Å². The fraction of sp³-hybridized carbons (Fsp3) is 0.214. The molecule has 0 saturated carbocycles. The lowest BCUT2D eigenvalue weighted by molar-refractivity contribution is -0.120. The molecule has 1 heterocycles. The van der Waals surface area contributed by atoms with Gasteiger partial charge in [0, 0.05) is 0 Å². The first-order chi connectivity index (χ1) is 10.9. The van der Waals surface area contributed by atoms with E-state index in [1.807, 2.05) is 35.9 Å². The number of azo groups is 1. The number of hydrogen-bond donors (Lipinski definition) is 3. The maximum Gasteiger partial charge on any atom is 0.328 e. The summed E-state index contributed by atoms with van der Waals surface area (Å²) in [5, 5.41) is 16.0. The van der Waals surface area contributed by atoms with E-state index in [-0.39, 0.29) is 6.61 Å². The third-order valence-electron chi connectivity index (χ3n) is 2.84. The summed E-state index contributed by atoms with van der Waals surface area (Å²) < 4.78 is 5.31. The molecule has 0 fully saturated rings. The SMILES string of the molecule is Cc1ccc(OCC(=O)N=Nc2c(O)[nH]c(=O)[nH]c2=O)c(C)c1. The summed E-state index contributed by atoms with van der Waals surface area (Å²) in [5.74, 6) is -0.996. The second-order valence-corrected chi connectivity index (χ2v) is 4.76. The zero-order chi connectivity index (χ0) is 17.0. The third kappa shape index (κ3) is 4.13. The van der Waals surface area contributed by atoms with Gasteiger partial charge in [0.05, 0.1) is 0 Å². The molecule has 0 radical (unpaired) electrons. The summed E-state index contributed by atoms with van der Waals surface area (Å²) in [4.78, 5) is 37.7. The number of aromatic nitrogens is 2. The second-order valence-electron chi connectivity index (χ2n) is 4.76. The van der Waals surface area contributed by atoms with Crippen LogP contribution in [0.15, 0.2) is 38.0 Å². The Bertz CT molecular complexity index is 881. The van der Waals surface area contributed by atoms with Crippen molar-refractivity contribution in [1.82, 2.24) is 9.97 Å². The van der Waals surface area contributed by atoms with Crippen LogP contribution in [-0.4, -0.2) is 27.6 Å². The van der Waals surface area contributed by atoms with Gasteiger partial charge in [-0.05, 0) is 25.5 Å². The number of hydrogen-bond acceptors (Lipinski definition) is 6. The molecule has 0 spiro atoms. The standard InChI is InChI=1S/C14H14N4O5/c1-7-3-4-9(8(2)5-7)23-6-10(19)17-18-11-12(20)15-14(22)16-13(11)21/h3-5H,6H2,1-2H3,(H3,15,16,20,21,22). The lowest BCUT2D eigenvalue weighted by Crippen LogP contribution is -2.21. The predicted octanol–water partition coefficient (Wildman–Crippen LogP) is 1.07. The van der Waals surface area contributed by atoms with Crippen LogP contribution < -0.4 is 16.0 Å². The maximum atomic E-state index is 11.6.